The number of carbonyl (C=O) groups excluding carboxylic acids is 1. The summed E-state index contributed by atoms with van der Waals surface area (Å²) in [5.41, 5.74) is 1.24. The molecule has 1 aromatic heterocycles. The summed E-state index contributed by atoms with van der Waals surface area (Å²) >= 11 is 6.42. The van der Waals surface area contributed by atoms with E-state index < -0.39 is 15.7 Å². The van der Waals surface area contributed by atoms with E-state index in [1.807, 2.05) is 38.1 Å². The third-order valence-corrected chi connectivity index (χ3v) is 7.40. The first-order chi connectivity index (χ1) is 15.4. The van der Waals surface area contributed by atoms with Crippen LogP contribution in [0.15, 0.2) is 76.2 Å². The molecule has 1 heterocycles. The first kappa shape index (κ1) is 24.0. The predicted octanol–water partition coefficient (Wildman–Crippen LogP) is 4.72. The van der Waals surface area contributed by atoms with Crippen LogP contribution in [0.4, 0.5) is 0 Å². The summed E-state index contributed by atoms with van der Waals surface area (Å²) in [5.74, 6) is -0.778. The van der Waals surface area contributed by atoms with Gasteiger partial charge in [-0.05, 0) is 42.9 Å². The average Bonchev–Trinajstić information content (AvgIpc) is 3.25. The maximum absolute atomic E-state index is 12.9. The van der Waals surface area contributed by atoms with Crippen LogP contribution in [-0.2, 0) is 15.6 Å². The van der Waals surface area contributed by atoms with Gasteiger partial charge in [-0.15, -0.1) is 0 Å². The van der Waals surface area contributed by atoms with Gasteiger partial charge in [0.25, 0.3) is 5.91 Å². The van der Waals surface area contributed by atoms with Gasteiger partial charge in [0.2, 0.25) is 0 Å². The Hall–Kier alpha value is -2.61. The van der Waals surface area contributed by atoms with Gasteiger partial charge < -0.3 is 9.73 Å². The smallest absolute Gasteiger partial charge is 0.287 e. The van der Waals surface area contributed by atoms with Crippen LogP contribution in [0.5, 0.6) is 0 Å². The summed E-state index contributed by atoms with van der Waals surface area (Å²) in [6.45, 7) is 5.96. The summed E-state index contributed by atoms with van der Waals surface area (Å²) in [5, 5.41) is 3.53. The van der Waals surface area contributed by atoms with Crippen LogP contribution in [0.25, 0.3) is 0 Å². The van der Waals surface area contributed by atoms with Crippen molar-refractivity contribution in [3.8, 4) is 0 Å². The fourth-order valence-electron chi connectivity index (χ4n) is 3.68. The Morgan fingerprint density at radius 2 is 1.69 bits per heavy atom. The molecule has 1 atom stereocenters. The third kappa shape index (κ3) is 5.59. The highest BCUT2D eigenvalue weighted by Gasteiger charge is 2.25. The molecule has 0 aliphatic rings. The molecule has 0 radical (unpaired) electrons. The number of amides is 1. The lowest BCUT2D eigenvalue weighted by molar-refractivity contribution is 0.0906. The second-order valence-corrected chi connectivity index (χ2v) is 9.71. The molecule has 8 heteroatoms. The highest BCUT2D eigenvalue weighted by molar-refractivity contribution is 7.90. The second-order valence-electron chi connectivity index (χ2n) is 7.32. The van der Waals surface area contributed by atoms with E-state index in [2.05, 4.69) is 10.2 Å². The summed E-state index contributed by atoms with van der Waals surface area (Å²) < 4.78 is 30.8. The maximum Gasteiger partial charge on any atom is 0.287 e. The van der Waals surface area contributed by atoms with E-state index in [9.17, 15) is 13.2 Å². The van der Waals surface area contributed by atoms with Crippen molar-refractivity contribution < 1.29 is 17.6 Å². The van der Waals surface area contributed by atoms with E-state index in [1.165, 1.54) is 24.5 Å². The summed E-state index contributed by atoms with van der Waals surface area (Å²) in [6, 6.07) is 17.1. The van der Waals surface area contributed by atoms with Crippen LogP contribution < -0.4 is 5.32 Å². The number of hydrogen-bond donors (Lipinski definition) is 1. The SMILES string of the molecule is CCN(CC)C(CNC(=O)c1occc1CS(=O)(=O)c1ccccc1)c1ccccc1Cl. The number of likely N-dealkylation sites (N-methyl/N-ethyl adjacent to an activating group) is 1. The number of nitrogens with zero attached hydrogens (tertiary/aromatic N) is 1. The highest BCUT2D eigenvalue weighted by atomic mass is 35.5. The number of sulfone groups is 1. The van der Waals surface area contributed by atoms with Gasteiger partial charge in [-0.25, -0.2) is 8.42 Å². The number of benzene rings is 2. The fraction of sp³-hybridized carbons (Fsp3) is 0.292. The lowest BCUT2D eigenvalue weighted by atomic mass is 10.0. The Labute approximate surface area is 194 Å². The standard InChI is InChI=1S/C24H27ClN2O4S/c1-3-27(4-2)22(20-12-8-9-13-21(20)25)16-26-24(28)23-18(14-15-31-23)17-32(29,30)19-10-6-5-7-11-19/h5-15,22H,3-4,16-17H2,1-2H3,(H,26,28). The molecular weight excluding hydrogens is 448 g/mol. The van der Waals surface area contributed by atoms with Crippen molar-refractivity contribution in [2.24, 2.45) is 0 Å². The zero-order valence-electron chi connectivity index (χ0n) is 18.1. The number of carbonyl (C=O) groups is 1. The van der Waals surface area contributed by atoms with Crippen molar-refractivity contribution in [2.45, 2.75) is 30.5 Å². The van der Waals surface area contributed by atoms with Crippen molar-refractivity contribution in [1.29, 1.82) is 0 Å². The molecule has 0 saturated carbocycles. The molecule has 2 aromatic carbocycles. The van der Waals surface area contributed by atoms with Crippen LogP contribution >= 0.6 is 11.6 Å². The third-order valence-electron chi connectivity index (χ3n) is 5.37. The van der Waals surface area contributed by atoms with Gasteiger partial charge in [0.15, 0.2) is 15.6 Å². The van der Waals surface area contributed by atoms with Gasteiger partial charge >= 0.3 is 0 Å². The molecule has 1 N–H and O–H groups in total. The quantitative estimate of drug-likeness (QED) is 0.460. The van der Waals surface area contributed by atoms with E-state index in [4.69, 9.17) is 16.0 Å². The minimum absolute atomic E-state index is 0.00182. The molecule has 170 valence electrons. The Kier molecular flexibility index (Phi) is 8.12. The minimum Gasteiger partial charge on any atom is -0.459 e. The summed E-state index contributed by atoms with van der Waals surface area (Å²) in [6.07, 6.45) is 1.33. The first-order valence-corrected chi connectivity index (χ1v) is 12.5. The Bertz CT molecular complexity index is 1140. The number of nitrogens with one attached hydrogen (secondary N) is 1. The van der Waals surface area contributed by atoms with Gasteiger partial charge in [0.05, 0.1) is 23.0 Å². The first-order valence-electron chi connectivity index (χ1n) is 10.5. The van der Waals surface area contributed by atoms with Gasteiger partial charge in [0.1, 0.15) is 0 Å². The zero-order valence-corrected chi connectivity index (χ0v) is 19.7. The lowest BCUT2D eigenvalue weighted by Gasteiger charge is -2.30. The highest BCUT2D eigenvalue weighted by Crippen LogP contribution is 2.27. The number of halogens is 1. The Morgan fingerprint density at radius 3 is 2.34 bits per heavy atom. The molecule has 1 amide bonds. The summed E-state index contributed by atoms with van der Waals surface area (Å²) in [4.78, 5) is 15.3. The van der Waals surface area contributed by atoms with E-state index in [0.717, 1.165) is 18.7 Å². The maximum atomic E-state index is 12.9. The van der Waals surface area contributed by atoms with Crippen LogP contribution in [0.3, 0.4) is 0 Å². The Morgan fingerprint density at radius 1 is 1.03 bits per heavy atom. The van der Waals surface area contributed by atoms with Gasteiger partial charge in [-0.3, -0.25) is 9.69 Å². The predicted molar refractivity (Wildman–Crippen MR) is 125 cm³/mol. The van der Waals surface area contributed by atoms with E-state index in [-0.39, 0.29) is 22.5 Å². The van der Waals surface area contributed by atoms with Crippen molar-refractivity contribution in [1.82, 2.24) is 10.2 Å². The molecule has 0 aliphatic heterocycles. The molecule has 0 saturated heterocycles. The van der Waals surface area contributed by atoms with E-state index in [1.54, 1.807) is 18.2 Å². The zero-order chi connectivity index (χ0) is 23.1. The molecule has 0 aliphatic carbocycles. The van der Waals surface area contributed by atoms with Gasteiger partial charge in [-0.1, -0.05) is 61.8 Å². The van der Waals surface area contributed by atoms with Crippen LogP contribution in [0.1, 0.15) is 41.6 Å². The Balaban J connectivity index is 1.77. The molecule has 3 rings (SSSR count). The van der Waals surface area contributed by atoms with Crippen LogP contribution in [-0.4, -0.2) is 38.9 Å². The van der Waals surface area contributed by atoms with Crippen molar-refractivity contribution >= 4 is 27.3 Å². The average molecular weight is 475 g/mol. The number of rotatable bonds is 10. The van der Waals surface area contributed by atoms with E-state index in [0.29, 0.717) is 17.1 Å². The second kappa shape index (κ2) is 10.8. The number of hydrogen-bond acceptors (Lipinski definition) is 5. The van der Waals surface area contributed by atoms with Crippen molar-refractivity contribution in [3.63, 3.8) is 0 Å². The van der Waals surface area contributed by atoms with Crippen molar-refractivity contribution in [3.05, 3.63) is 88.8 Å². The van der Waals surface area contributed by atoms with Crippen molar-refractivity contribution in [2.75, 3.05) is 19.6 Å². The largest absolute Gasteiger partial charge is 0.459 e. The minimum atomic E-state index is -3.61. The molecule has 0 bridgehead atoms. The van der Waals surface area contributed by atoms with Crippen LogP contribution in [0.2, 0.25) is 5.02 Å². The normalized spacial score (nSPS) is 12.6. The van der Waals surface area contributed by atoms with E-state index >= 15 is 0 Å². The molecule has 3 aromatic rings. The molecule has 32 heavy (non-hydrogen) atoms. The summed E-state index contributed by atoms with van der Waals surface area (Å²) in [7, 11) is -3.61. The van der Waals surface area contributed by atoms with Crippen LogP contribution in [0, 0.1) is 0 Å². The fourth-order valence-corrected chi connectivity index (χ4v) is 5.32. The van der Waals surface area contributed by atoms with Gasteiger partial charge in [-0.2, -0.15) is 0 Å². The lowest BCUT2D eigenvalue weighted by Crippen LogP contribution is -2.38. The molecular formula is C24H27ClN2O4S. The van der Waals surface area contributed by atoms with Gasteiger partial charge in [0, 0.05) is 17.1 Å². The topological polar surface area (TPSA) is 79.6 Å². The molecule has 0 spiro atoms. The molecule has 6 nitrogen and oxygen atoms in total. The monoisotopic (exact) mass is 474 g/mol. The molecule has 1 unspecified atom stereocenters. The molecule has 0 fully saturated rings. The number of furan rings is 1.